The Hall–Kier alpha value is -4.53. The third kappa shape index (κ3) is 4.44. The van der Waals surface area contributed by atoms with Crippen LogP contribution in [0.25, 0.3) is 10.9 Å². The van der Waals surface area contributed by atoms with Crippen molar-refractivity contribution < 1.29 is 14.3 Å². The fourth-order valence-electron chi connectivity index (χ4n) is 4.85. The van der Waals surface area contributed by atoms with Crippen LogP contribution in [0.2, 0.25) is 0 Å². The van der Waals surface area contributed by atoms with E-state index in [1.165, 1.54) is 11.6 Å². The van der Waals surface area contributed by atoms with Gasteiger partial charge in [-0.25, -0.2) is 9.59 Å². The first-order valence-corrected chi connectivity index (χ1v) is 12.1. The molecule has 37 heavy (non-hydrogen) atoms. The number of hydrogen-bond donors (Lipinski definition) is 1. The van der Waals surface area contributed by atoms with Crippen molar-refractivity contribution in [2.24, 2.45) is 7.05 Å². The predicted molar refractivity (Wildman–Crippen MR) is 139 cm³/mol. The monoisotopic (exact) mass is 498 g/mol. The smallest absolute Gasteiger partial charge is 0.339 e. The van der Waals surface area contributed by atoms with Crippen LogP contribution >= 0.6 is 0 Å². The van der Waals surface area contributed by atoms with Crippen LogP contribution in [-0.2, 0) is 31.2 Å². The molecule has 9 heteroatoms. The van der Waals surface area contributed by atoms with Gasteiger partial charge in [0.1, 0.15) is 11.4 Å². The Morgan fingerprint density at radius 1 is 0.973 bits per heavy atom. The van der Waals surface area contributed by atoms with Crippen LogP contribution in [0.1, 0.15) is 50.4 Å². The predicted octanol–water partition coefficient (Wildman–Crippen LogP) is 2.64. The molecule has 0 spiro atoms. The van der Waals surface area contributed by atoms with Crippen molar-refractivity contribution >= 4 is 28.5 Å². The van der Waals surface area contributed by atoms with Gasteiger partial charge in [-0.3, -0.25) is 23.7 Å². The van der Waals surface area contributed by atoms with Crippen molar-refractivity contribution in [2.75, 3.05) is 12.3 Å². The number of aryl methyl sites for hydroxylation is 1. The number of fused-ring (bicyclic) bond motifs is 2. The Bertz CT molecular complexity index is 1650. The number of rotatable bonds is 6. The highest BCUT2D eigenvalue weighted by Gasteiger charge is 2.26. The van der Waals surface area contributed by atoms with E-state index in [1.54, 1.807) is 12.1 Å². The lowest BCUT2D eigenvalue weighted by Crippen LogP contribution is -2.43. The summed E-state index contributed by atoms with van der Waals surface area (Å²) in [6.07, 6.45) is 3.40. The highest BCUT2D eigenvalue weighted by molar-refractivity contribution is 6.07. The number of hydrogen-bond acceptors (Lipinski definition) is 7. The van der Waals surface area contributed by atoms with Crippen molar-refractivity contribution in [3.05, 3.63) is 103 Å². The molecule has 2 heterocycles. The molecule has 0 saturated heterocycles. The number of para-hydroxylation sites is 1. The Morgan fingerprint density at radius 2 is 1.68 bits per heavy atom. The number of anilines is 1. The fraction of sp³-hybridized carbons (Fsp3) is 0.250. The third-order valence-corrected chi connectivity index (χ3v) is 6.75. The van der Waals surface area contributed by atoms with Crippen molar-refractivity contribution in [2.45, 2.75) is 32.2 Å². The SMILES string of the molecule is Cn1c(=O)c(C(=O)COC(=O)c2c3c(nc4ccccc24)CCCC3)c(N)n(Cc2ccccc2)c1=O. The quantitative estimate of drug-likeness (QED) is 0.320. The second-order valence-corrected chi connectivity index (χ2v) is 9.11. The van der Waals surface area contributed by atoms with E-state index in [9.17, 15) is 19.2 Å². The van der Waals surface area contributed by atoms with Crippen molar-refractivity contribution in [1.29, 1.82) is 0 Å². The summed E-state index contributed by atoms with van der Waals surface area (Å²) in [5, 5.41) is 0.660. The first kappa shape index (κ1) is 24.2. The van der Waals surface area contributed by atoms with Gasteiger partial charge in [-0.05, 0) is 42.9 Å². The number of nitrogens with two attached hydrogens (primary N) is 1. The number of pyridine rings is 1. The van der Waals surface area contributed by atoms with Gasteiger partial charge in [0.25, 0.3) is 5.56 Å². The molecule has 0 radical (unpaired) electrons. The molecule has 9 nitrogen and oxygen atoms in total. The van der Waals surface area contributed by atoms with E-state index in [0.717, 1.165) is 40.7 Å². The molecule has 0 atom stereocenters. The molecule has 0 saturated carbocycles. The summed E-state index contributed by atoms with van der Waals surface area (Å²) >= 11 is 0. The number of ketones is 1. The Balaban J connectivity index is 1.46. The van der Waals surface area contributed by atoms with Gasteiger partial charge in [-0.2, -0.15) is 0 Å². The van der Waals surface area contributed by atoms with E-state index in [2.05, 4.69) is 0 Å². The third-order valence-electron chi connectivity index (χ3n) is 6.75. The lowest BCUT2D eigenvalue weighted by Gasteiger charge is -2.20. The average molecular weight is 499 g/mol. The first-order valence-electron chi connectivity index (χ1n) is 12.1. The molecule has 0 unspecified atom stereocenters. The summed E-state index contributed by atoms with van der Waals surface area (Å²) in [6, 6.07) is 16.4. The van der Waals surface area contributed by atoms with Gasteiger partial charge in [0.2, 0.25) is 5.78 Å². The highest BCUT2D eigenvalue weighted by Crippen LogP contribution is 2.29. The van der Waals surface area contributed by atoms with Gasteiger partial charge in [-0.15, -0.1) is 0 Å². The molecule has 2 aromatic heterocycles. The standard InChI is InChI=1S/C28H26N4O5/c1-31-26(34)24(25(29)32(28(31)36)15-17-9-3-2-4-10-17)22(33)16-37-27(35)23-18-11-5-7-13-20(18)30-21-14-8-6-12-19(21)23/h2-5,7,9-11,13H,6,8,12,14-16,29H2,1H3. The molecule has 2 N–H and O–H groups in total. The molecule has 0 aliphatic heterocycles. The summed E-state index contributed by atoms with van der Waals surface area (Å²) in [7, 11) is 1.28. The van der Waals surface area contributed by atoms with Gasteiger partial charge in [0, 0.05) is 18.1 Å². The van der Waals surface area contributed by atoms with Crippen LogP contribution in [0.5, 0.6) is 0 Å². The minimum atomic E-state index is -0.834. The number of esters is 1. The van der Waals surface area contributed by atoms with Crippen LogP contribution < -0.4 is 17.0 Å². The topological polar surface area (TPSA) is 126 Å². The molecule has 0 bridgehead atoms. The zero-order valence-corrected chi connectivity index (χ0v) is 20.4. The van der Waals surface area contributed by atoms with Gasteiger partial charge in [0.05, 0.1) is 17.6 Å². The fourth-order valence-corrected chi connectivity index (χ4v) is 4.85. The summed E-state index contributed by atoms with van der Waals surface area (Å²) in [5.74, 6) is -1.69. The van der Waals surface area contributed by atoms with Crippen LogP contribution in [0.3, 0.4) is 0 Å². The van der Waals surface area contributed by atoms with Crippen LogP contribution in [0.15, 0.2) is 64.2 Å². The summed E-state index contributed by atoms with van der Waals surface area (Å²) in [4.78, 5) is 56.7. The van der Waals surface area contributed by atoms with E-state index in [1.807, 2.05) is 42.5 Å². The lowest BCUT2D eigenvalue weighted by molar-refractivity contribution is 0.0474. The molecule has 1 aliphatic carbocycles. The zero-order chi connectivity index (χ0) is 26.1. The molecule has 4 aromatic rings. The maximum absolute atomic E-state index is 13.3. The second kappa shape index (κ2) is 9.85. The molecular formula is C28H26N4O5. The highest BCUT2D eigenvalue weighted by atomic mass is 16.5. The number of benzene rings is 2. The number of nitrogens with zero attached hydrogens (tertiary/aromatic N) is 3. The Labute approximate surface area is 212 Å². The van der Waals surface area contributed by atoms with Crippen molar-refractivity contribution in [3.8, 4) is 0 Å². The number of carbonyl (C=O) groups is 2. The molecular weight excluding hydrogens is 472 g/mol. The van der Waals surface area contributed by atoms with Crippen molar-refractivity contribution in [3.63, 3.8) is 0 Å². The van der Waals surface area contributed by atoms with Gasteiger partial charge in [-0.1, -0.05) is 48.5 Å². The van der Waals surface area contributed by atoms with E-state index in [-0.39, 0.29) is 17.9 Å². The zero-order valence-electron chi connectivity index (χ0n) is 20.4. The number of aromatic nitrogens is 3. The average Bonchev–Trinajstić information content (AvgIpc) is 2.92. The van der Waals surface area contributed by atoms with Crippen LogP contribution in [0.4, 0.5) is 5.82 Å². The van der Waals surface area contributed by atoms with E-state index in [0.29, 0.717) is 22.9 Å². The van der Waals surface area contributed by atoms with E-state index < -0.39 is 29.6 Å². The maximum atomic E-state index is 13.3. The molecule has 2 aromatic carbocycles. The Kier molecular flexibility index (Phi) is 6.43. The van der Waals surface area contributed by atoms with Gasteiger partial charge < -0.3 is 10.5 Å². The minimum absolute atomic E-state index is 0.0782. The van der Waals surface area contributed by atoms with E-state index >= 15 is 0 Å². The molecule has 188 valence electrons. The lowest BCUT2D eigenvalue weighted by atomic mass is 9.90. The van der Waals surface area contributed by atoms with Gasteiger partial charge in [0.15, 0.2) is 6.61 Å². The van der Waals surface area contributed by atoms with Crippen LogP contribution in [-0.4, -0.2) is 32.5 Å². The van der Waals surface area contributed by atoms with Crippen LogP contribution in [0, 0.1) is 0 Å². The molecule has 5 rings (SSSR count). The minimum Gasteiger partial charge on any atom is -0.454 e. The largest absolute Gasteiger partial charge is 0.454 e. The van der Waals surface area contributed by atoms with E-state index in [4.69, 9.17) is 15.5 Å². The molecule has 0 fully saturated rings. The Morgan fingerprint density at radius 3 is 2.46 bits per heavy atom. The van der Waals surface area contributed by atoms with Gasteiger partial charge >= 0.3 is 11.7 Å². The normalized spacial score (nSPS) is 12.8. The number of Topliss-reactive ketones (excluding diaryl/α,β-unsaturated/α-hetero) is 1. The maximum Gasteiger partial charge on any atom is 0.339 e. The number of nitrogen functional groups attached to an aromatic ring is 1. The van der Waals surface area contributed by atoms with Crippen molar-refractivity contribution in [1.82, 2.24) is 14.1 Å². The summed E-state index contributed by atoms with van der Waals surface area (Å²) < 4.78 is 7.45. The molecule has 0 amide bonds. The summed E-state index contributed by atoms with van der Waals surface area (Å²) in [5.41, 5.74) is 7.88. The second-order valence-electron chi connectivity index (χ2n) is 9.11. The first-order chi connectivity index (χ1) is 17.9. The molecule has 1 aliphatic rings. The number of carbonyl (C=O) groups excluding carboxylic acids is 2. The number of ether oxygens (including phenoxy) is 1. The summed E-state index contributed by atoms with van der Waals surface area (Å²) in [6.45, 7) is -0.609.